The fraction of sp³-hybridized carbons (Fsp3) is 0.0769. The van der Waals surface area contributed by atoms with Gasteiger partial charge < -0.3 is 9.88 Å². The van der Waals surface area contributed by atoms with Gasteiger partial charge in [0.05, 0.1) is 11.6 Å². The minimum Gasteiger partial charge on any atom is -0.325 e. The van der Waals surface area contributed by atoms with Crippen LogP contribution in [0.4, 0.5) is 5.69 Å². The number of nitrogens with zero attached hydrogens (tertiary/aromatic N) is 4. The van der Waals surface area contributed by atoms with Crippen LogP contribution >= 0.6 is 0 Å². The normalized spacial score (nSPS) is 9.37. The van der Waals surface area contributed by atoms with Crippen molar-refractivity contribution in [3.05, 3.63) is 48.0 Å². The topological polar surface area (TPSA) is 94.5 Å². The van der Waals surface area contributed by atoms with Crippen molar-refractivity contribution in [2.24, 2.45) is 0 Å². The van der Waals surface area contributed by atoms with Gasteiger partial charge >= 0.3 is 0 Å². The van der Waals surface area contributed by atoms with E-state index in [1.165, 1.54) is 10.8 Å². The lowest BCUT2D eigenvalue weighted by Crippen LogP contribution is -2.19. The van der Waals surface area contributed by atoms with E-state index in [1.54, 1.807) is 30.5 Å². The third-order valence-corrected chi connectivity index (χ3v) is 2.43. The maximum Gasteiger partial charge on any atom is 0.244 e. The van der Waals surface area contributed by atoms with Crippen LogP contribution < -0.4 is 5.32 Å². The second-order valence-corrected chi connectivity index (χ2v) is 3.73. The van der Waals surface area contributed by atoms with Crippen LogP contribution in [0.15, 0.2) is 36.7 Å². The van der Waals surface area contributed by atoms with E-state index in [9.17, 15) is 4.79 Å². The summed E-state index contributed by atoms with van der Waals surface area (Å²) in [5, 5.41) is 20.1. The van der Waals surface area contributed by atoms with E-state index >= 15 is 0 Å². The van der Waals surface area contributed by atoms with Crippen LogP contribution in [-0.2, 0) is 11.3 Å². The summed E-state index contributed by atoms with van der Waals surface area (Å²) in [5.41, 5.74) is 1.13. The summed E-state index contributed by atoms with van der Waals surface area (Å²) in [7, 11) is 0. The Labute approximate surface area is 109 Å². The van der Waals surface area contributed by atoms with Crippen LogP contribution in [0.5, 0.6) is 0 Å². The van der Waals surface area contributed by atoms with Crippen LogP contribution in [0.25, 0.3) is 0 Å². The van der Waals surface area contributed by atoms with Gasteiger partial charge in [-0.1, -0.05) is 0 Å². The van der Waals surface area contributed by atoms with Crippen molar-refractivity contribution >= 4 is 11.6 Å². The molecule has 0 aliphatic carbocycles. The molecule has 6 nitrogen and oxygen atoms in total. The Balaban J connectivity index is 2.02. The number of carbonyl (C=O) groups is 1. The maximum atomic E-state index is 11.8. The van der Waals surface area contributed by atoms with Gasteiger partial charge in [0.2, 0.25) is 11.7 Å². The van der Waals surface area contributed by atoms with Crippen LogP contribution in [-0.4, -0.2) is 15.5 Å². The van der Waals surface area contributed by atoms with Crippen molar-refractivity contribution in [2.45, 2.75) is 6.54 Å². The zero-order valence-corrected chi connectivity index (χ0v) is 9.87. The maximum absolute atomic E-state index is 11.8. The first-order chi connectivity index (χ1) is 9.22. The van der Waals surface area contributed by atoms with Crippen LogP contribution in [0, 0.1) is 22.7 Å². The van der Waals surface area contributed by atoms with Gasteiger partial charge in [-0.05, 0) is 24.3 Å². The number of nitriles is 2. The Morgan fingerprint density at radius 3 is 2.63 bits per heavy atom. The number of amides is 1. The summed E-state index contributed by atoms with van der Waals surface area (Å²) in [5.74, 6) is -0.0748. The predicted molar refractivity (Wildman–Crippen MR) is 66.7 cm³/mol. The number of rotatable bonds is 3. The molecule has 0 unspecified atom stereocenters. The standard InChI is InChI=1S/C13H9N5O/c14-7-10-1-3-11(4-2-10)17-13(19)9-18-6-5-16-12(18)8-15/h1-6H,9H2,(H,17,19). The number of imidazole rings is 1. The molecule has 0 aliphatic heterocycles. The first-order valence-corrected chi connectivity index (χ1v) is 5.44. The second-order valence-electron chi connectivity index (χ2n) is 3.73. The van der Waals surface area contributed by atoms with E-state index in [-0.39, 0.29) is 18.3 Å². The molecule has 0 radical (unpaired) electrons. The fourth-order valence-corrected chi connectivity index (χ4v) is 1.53. The molecule has 1 N–H and O–H groups in total. The number of aromatic nitrogens is 2. The molecule has 0 bridgehead atoms. The van der Waals surface area contributed by atoms with Crippen molar-refractivity contribution < 1.29 is 4.79 Å². The Hall–Kier alpha value is -3.12. The molecule has 1 aromatic heterocycles. The number of hydrogen-bond donors (Lipinski definition) is 1. The van der Waals surface area contributed by atoms with Crippen LogP contribution in [0.1, 0.15) is 11.4 Å². The average molecular weight is 251 g/mol. The first-order valence-electron chi connectivity index (χ1n) is 5.44. The Morgan fingerprint density at radius 1 is 1.26 bits per heavy atom. The molecule has 1 amide bonds. The smallest absolute Gasteiger partial charge is 0.244 e. The summed E-state index contributed by atoms with van der Waals surface area (Å²) >= 11 is 0. The van der Waals surface area contributed by atoms with E-state index in [1.807, 2.05) is 12.1 Å². The largest absolute Gasteiger partial charge is 0.325 e. The molecule has 19 heavy (non-hydrogen) atoms. The highest BCUT2D eigenvalue weighted by molar-refractivity contribution is 5.90. The van der Waals surface area contributed by atoms with Gasteiger partial charge in [-0.25, -0.2) is 4.98 Å². The molecule has 0 saturated heterocycles. The molecule has 6 heteroatoms. The lowest BCUT2D eigenvalue weighted by Gasteiger charge is -2.06. The molecule has 0 saturated carbocycles. The highest BCUT2D eigenvalue weighted by Gasteiger charge is 2.07. The van der Waals surface area contributed by atoms with Crippen molar-refractivity contribution in [1.29, 1.82) is 10.5 Å². The van der Waals surface area contributed by atoms with E-state index in [4.69, 9.17) is 10.5 Å². The van der Waals surface area contributed by atoms with Gasteiger partial charge in [-0.3, -0.25) is 4.79 Å². The monoisotopic (exact) mass is 251 g/mol. The predicted octanol–water partition coefficient (Wildman–Crippen LogP) is 1.27. The number of anilines is 1. The van der Waals surface area contributed by atoms with Crippen molar-refractivity contribution in [2.75, 3.05) is 5.32 Å². The molecule has 0 fully saturated rings. The number of carbonyl (C=O) groups excluding carboxylic acids is 1. The van der Waals surface area contributed by atoms with E-state index in [0.29, 0.717) is 11.3 Å². The van der Waals surface area contributed by atoms with Gasteiger partial charge in [0, 0.05) is 18.1 Å². The molecule has 1 aromatic carbocycles. The summed E-state index contributed by atoms with van der Waals surface area (Å²) in [6.45, 7) is 0.0168. The van der Waals surface area contributed by atoms with Crippen molar-refractivity contribution in [3.63, 3.8) is 0 Å². The molecular formula is C13H9N5O. The summed E-state index contributed by atoms with van der Waals surface area (Å²) in [6, 6.07) is 10.4. The first kappa shape index (κ1) is 12.3. The van der Waals surface area contributed by atoms with Crippen LogP contribution in [0.3, 0.4) is 0 Å². The SMILES string of the molecule is N#Cc1ccc(NC(=O)Cn2ccnc2C#N)cc1. The van der Waals surface area contributed by atoms with Gasteiger partial charge in [0.15, 0.2) is 0 Å². The Morgan fingerprint density at radius 2 is 2.00 bits per heavy atom. The molecule has 0 spiro atoms. The summed E-state index contributed by atoms with van der Waals surface area (Å²) < 4.78 is 1.46. The lowest BCUT2D eigenvalue weighted by atomic mass is 10.2. The van der Waals surface area contributed by atoms with Gasteiger partial charge in [-0.15, -0.1) is 0 Å². The third-order valence-electron chi connectivity index (χ3n) is 2.43. The molecule has 1 heterocycles. The van der Waals surface area contributed by atoms with E-state index in [2.05, 4.69) is 10.3 Å². The third kappa shape index (κ3) is 2.96. The Kier molecular flexibility index (Phi) is 3.56. The summed E-state index contributed by atoms with van der Waals surface area (Å²) in [6.07, 6.45) is 3.03. The molecular weight excluding hydrogens is 242 g/mol. The molecule has 92 valence electrons. The highest BCUT2D eigenvalue weighted by Crippen LogP contribution is 2.09. The molecule has 0 atom stereocenters. The van der Waals surface area contributed by atoms with Crippen molar-refractivity contribution in [3.8, 4) is 12.1 Å². The quantitative estimate of drug-likeness (QED) is 0.888. The van der Waals surface area contributed by atoms with Crippen molar-refractivity contribution in [1.82, 2.24) is 9.55 Å². The summed E-state index contributed by atoms with van der Waals surface area (Å²) in [4.78, 5) is 15.6. The minimum absolute atomic E-state index is 0.0168. The van der Waals surface area contributed by atoms with E-state index < -0.39 is 0 Å². The van der Waals surface area contributed by atoms with Gasteiger partial charge in [0.25, 0.3) is 0 Å². The zero-order chi connectivity index (χ0) is 13.7. The highest BCUT2D eigenvalue weighted by atomic mass is 16.1. The second kappa shape index (κ2) is 5.48. The fourth-order valence-electron chi connectivity index (χ4n) is 1.53. The van der Waals surface area contributed by atoms with E-state index in [0.717, 1.165) is 0 Å². The zero-order valence-electron chi connectivity index (χ0n) is 9.87. The van der Waals surface area contributed by atoms with Gasteiger partial charge in [0.1, 0.15) is 12.6 Å². The Bertz CT molecular complexity index is 672. The minimum atomic E-state index is -0.265. The number of hydrogen-bond acceptors (Lipinski definition) is 4. The number of nitrogens with one attached hydrogen (secondary N) is 1. The molecule has 0 aliphatic rings. The molecule has 2 aromatic rings. The van der Waals surface area contributed by atoms with Crippen LogP contribution in [0.2, 0.25) is 0 Å². The average Bonchev–Trinajstić information content (AvgIpc) is 2.86. The lowest BCUT2D eigenvalue weighted by molar-refractivity contribution is -0.116. The molecule has 2 rings (SSSR count). The van der Waals surface area contributed by atoms with Gasteiger partial charge in [-0.2, -0.15) is 10.5 Å². The number of benzene rings is 1.